The summed E-state index contributed by atoms with van der Waals surface area (Å²) in [5.41, 5.74) is 10.7. The van der Waals surface area contributed by atoms with Gasteiger partial charge >= 0.3 is 0 Å². The van der Waals surface area contributed by atoms with Gasteiger partial charge in [-0.3, -0.25) is 25.2 Å². The number of para-hydroxylation sites is 2. The van der Waals surface area contributed by atoms with E-state index in [4.69, 9.17) is 10.7 Å². The molecule has 2 aliphatic rings. The molecule has 3 N–H and O–H groups in total. The largest absolute Gasteiger partial charge is 0.354 e. The molecule has 184 valence electrons. The van der Waals surface area contributed by atoms with Crippen molar-refractivity contribution in [3.63, 3.8) is 0 Å². The van der Waals surface area contributed by atoms with Crippen molar-refractivity contribution in [2.75, 3.05) is 18.4 Å². The molecule has 11 nitrogen and oxygen atoms in total. The number of nitrogens with zero attached hydrogens (tertiary/aromatic N) is 5. The average molecular weight is 495 g/mol. The Bertz CT molecular complexity index is 1660. The molecule has 0 aromatic heterocycles. The molecule has 3 aromatic rings. The minimum Gasteiger partial charge on any atom is -0.354 e. The smallest absolute Gasteiger partial charge is 0.269 e. The number of anilines is 2. The van der Waals surface area contributed by atoms with Gasteiger partial charge in [0.05, 0.1) is 49.9 Å². The first-order valence-electron chi connectivity index (χ1n) is 11.4. The van der Waals surface area contributed by atoms with Crippen molar-refractivity contribution in [1.82, 2.24) is 9.55 Å². The van der Waals surface area contributed by atoms with Gasteiger partial charge in [0, 0.05) is 42.2 Å². The second kappa shape index (κ2) is 9.84. The Hall–Kier alpha value is -5.16. The van der Waals surface area contributed by atoms with Gasteiger partial charge in [-0.05, 0) is 48.5 Å². The number of hydrogen-bond acceptors (Lipinski definition) is 8. The zero-order chi connectivity index (χ0) is 25.9. The summed E-state index contributed by atoms with van der Waals surface area (Å²) >= 11 is 0. The Morgan fingerprint density at radius 3 is 2.19 bits per heavy atom. The molecule has 3 aromatic carbocycles. The maximum Gasteiger partial charge on any atom is 0.269 e. The Balaban J connectivity index is 1.72. The summed E-state index contributed by atoms with van der Waals surface area (Å²) < 4.78 is 1.98. The molecule has 0 bridgehead atoms. The standard InChI is InChI=1S/C26H21N7O4/c27-13-14-28-22-16-26-24(15-23(22)29-17-5-7-19(8-6-17)32(34)35)30-21-3-1-2-4-25(21)31(26)18-9-11-20(12-10-18)33(36)37/h1-12,15-16,29H,13-14,27H2. The lowest BCUT2D eigenvalue weighted by molar-refractivity contribution is -0.385. The van der Waals surface area contributed by atoms with E-state index in [-0.39, 0.29) is 11.4 Å². The third-order valence-corrected chi connectivity index (χ3v) is 5.78. The molecule has 0 spiro atoms. The molecule has 1 aliphatic heterocycles. The number of fused-ring (bicyclic) bond motifs is 2. The van der Waals surface area contributed by atoms with E-state index in [1.807, 2.05) is 41.0 Å². The van der Waals surface area contributed by atoms with E-state index in [1.165, 1.54) is 24.3 Å². The number of hydrogen-bond donors (Lipinski definition) is 2. The van der Waals surface area contributed by atoms with Crippen LogP contribution >= 0.6 is 0 Å². The fourth-order valence-electron chi connectivity index (χ4n) is 4.08. The number of nitrogens with one attached hydrogen (secondary N) is 1. The topological polar surface area (TPSA) is 155 Å². The van der Waals surface area contributed by atoms with E-state index in [1.54, 1.807) is 24.3 Å². The number of nitro benzene ring substituents is 2. The summed E-state index contributed by atoms with van der Waals surface area (Å²) in [6, 6.07) is 23.8. The van der Waals surface area contributed by atoms with E-state index in [2.05, 4.69) is 10.3 Å². The van der Waals surface area contributed by atoms with Crippen LogP contribution in [0.15, 0.2) is 89.9 Å². The van der Waals surface area contributed by atoms with Crippen molar-refractivity contribution in [2.24, 2.45) is 10.7 Å². The molecular formula is C26H21N7O4. The summed E-state index contributed by atoms with van der Waals surface area (Å²) in [5, 5.41) is 26.1. The van der Waals surface area contributed by atoms with Crippen LogP contribution in [0.1, 0.15) is 0 Å². The number of benzene rings is 4. The zero-order valence-electron chi connectivity index (χ0n) is 19.4. The van der Waals surface area contributed by atoms with Crippen LogP contribution in [0.3, 0.4) is 0 Å². The summed E-state index contributed by atoms with van der Waals surface area (Å²) in [4.78, 5) is 30.8. The fourth-order valence-corrected chi connectivity index (χ4v) is 4.08. The van der Waals surface area contributed by atoms with Crippen LogP contribution in [-0.4, -0.2) is 32.5 Å². The quantitative estimate of drug-likeness (QED) is 0.191. The van der Waals surface area contributed by atoms with Crippen LogP contribution < -0.4 is 16.4 Å². The third kappa shape index (κ3) is 4.70. The Labute approximate surface area is 210 Å². The predicted octanol–water partition coefficient (Wildman–Crippen LogP) is 4.55. The van der Waals surface area contributed by atoms with Gasteiger partial charge in [0.15, 0.2) is 0 Å². The normalized spacial score (nSPS) is 11.6. The first-order chi connectivity index (χ1) is 17.9. The first-order valence-corrected chi connectivity index (χ1v) is 11.4. The van der Waals surface area contributed by atoms with Crippen molar-refractivity contribution in [1.29, 1.82) is 0 Å². The second-order valence-electron chi connectivity index (χ2n) is 8.17. The van der Waals surface area contributed by atoms with Gasteiger partial charge in [-0.1, -0.05) is 12.1 Å². The molecule has 37 heavy (non-hydrogen) atoms. The highest BCUT2D eigenvalue weighted by Gasteiger charge is 2.17. The van der Waals surface area contributed by atoms with Crippen molar-refractivity contribution in [2.45, 2.75) is 0 Å². The Morgan fingerprint density at radius 2 is 1.54 bits per heavy atom. The summed E-state index contributed by atoms with van der Waals surface area (Å²) in [5.74, 6) is 0. The van der Waals surface area contributed by atoms with E-state index in [0.717, 1.165) is 22.4 Å². The lowest BCUT2D eigenvalue weighted by Gasteiger charge is -2.20. The summed E-state index contributed by atoms with van der Waals surface area (Å²) in [6.07, 6.45) is 0. The van der Waals surface area contributed by atoms with Crippen LogP contribution in [0.2, 0.25) is 0 Å². The highest BCUT2D eigenvalue weighted by Crippen LogP contribution is 2.31. The van der Waals surface area contributed by atoms with E-state index in [9.17, 15) is 20.2 Å². The minimum absolute atomic E-state index is 0.000219. The van der Waals surface area contributed by atoms with Gasteiger partial charge in [0.2, 0.25) is 0 Å². The van der Waals surface area contributed by atoms with Crippen LogP contribution in [0.4, 0.5) is 22.7 Å². The van der Waals surface area contributed by atoms with Crippen molar-refractivity contribution < 1.29 is 9.85 Å². The van der Waals surface area contributed by atoms with Crippen LogP contribution in [0, 0.1) is 20.2 Å². The highest BCUT2D eigenvalue weighted by molar-refractivity contribution is 5.84. The Kier molecular flexibility index (Phi) is 6.27. The van der Waals surface area contributed by atoms with Crippen LogP contribution in [-0.2, 0) is 0 Å². The van der Waals surface area contributed by atoms with Gasteiger partial charge in [-0.25, -0.2) is 4.98 Å². The average Bonchev–Trinajstić information content (AvgIpc) is 2.91. The molecule has 1 heterocycles. The van der Waals surface area contributed by atoms with Gasteiger partial charge < -0.3 is 15.6 Å². The fraction of sp³-hybridized carbons (Fsp3) is 0.0769. The monoisotopic (exact) mass is 495 g/mol. The lowest BCUT2D eigenvalue weighted by atomic mass is 10.1. The summed E-state index contributed by atoms with van der Waals surface area (Å²) in [6.45, 7) is 0.742. The predicted molar refractivity (Wildman–Crippen MR) is 140 cm³/mol. The van der Waals surface area contributed by atoms with Crippen molar-refractivity contribution in [3.8, 4) is 17.1 Å². The molecule has 0 fully saturated rings. The van der Waals surface area contributed by atoms with E-state index in [0.29, 0.717) is 35.5 Å². The number of rotatable bonds is 7. The molecule has 0 saturated carbocycles. The molecule has 0 saturated heterocycles. The molecule has 1 aliphatic carbocycles. The molecule has 0 unspecified atom stereocenters. The molecular weight excluding hydrogens is 474 g/mol. The lowest BCUT2D eigenvalue weighted by Crippen LogP contribution is -2.16. The number of aromatic nitrogens is 2. The van der Waals surface area contributed by atoms with Crippen molar-refractivity contribution >= 4 is 33.8 Å². The second-order valence-corrected chi connectivity index (χ2v) is 8.17. The van der Waals surface area contributed by atoms with E-state index >= 15 is 0 Å². The van der Waals surface area contributed by atoms with Gasteiger partial charge in [0.25, 0.3) is 11.4 Å². The molecule has 0 radical (unpaired) electrons. The van der Waals surface area contributed by atoms with Gasteiger partial charge in [0.1, 0.15) is 0 Å². The molecule has 5 rings (SSSR count). The molecule has 0 atom stereocenters. The first kappa shape index (κ1) is 23.6. The van der Waals surface area contributed by atoms with Gasteiger partial charge in [-0.2, -0.15) is 0 Å². The number of nitro groups is 2. The van der Waals surface area contributed by atoms with Gasteiger partial charge in [-0.15, -0.1) is 0 Å². The zero-order valence-corrected chi connectivity index (χ0v) is 19.4. The molecule has 11 heteroatoms. The highest BCUT2D eigenvalue weighted by atomic mass is 16.6. The SMILES string of the molecule is NCCN=c1cc2n(-c3ccc([N+](=O)[O-])cc3)c3ccccc3nc-2cc1Nc1ccc([N+](=O)[O-])cc1. The van der Waals surface area contributed by atoms with Crippen LogP contribution in [0.25, 0.3) is 28.1 Å². The van der Waals surface area contributed by atoms with Crippen molar-refractivity contribution in [3.05, 3.63) is 111 Å². The number of nitrogens with two attached hydrogens (primary N) is 1. The number of non-ortho nitro benzene ring substituents is 2. The summed E-state index contributed by atoms with van der Waals surface area (Å²) in [7, 11) is 0. The minimum atomic E-state index is -0.451. The molecule has 0 amide bonds. The maximum atomic E-state index is 11.2. The van der Waals surface area contributed by atoms with E-state index < -0.39 is 9.85 Å². The Morgan fingerprint density at radius 1 is 0.892 bits per heavy atom. The third-order valence-electron chi connectivity index (χ3n) is 5.78. The maximum absolute atomic E-state index is 11.2. The van der Waals surface area contributed by atoms with Crippen LogP contribution in [0.5, 0.6) is 0 Å².